The summed E-state index contributed by atoms with van der Waals surface area (Å²) in [6, 6.07) is 5.80. The molecule has 1 aromatic rings. The summed E-state index contributed by atoms with van der Waals surface area (Å²) in [6.45, 7) is 3.42. The van der Waals surface area contributed by atoms with Crippen LogP contribution in [-0.2, 0) is 11.2 Å². The number of hydrogen-bond acceptors (Lipinski definition) is 3. The van der Waals surface area contributed by atoms with Crippen LogP contribution in [0.1, 0.15) is 35.7 Å². The predicted octanol–water partition coefficient (Wildman–Crippen LogP) is 2.62. The lowest BCUT2D eigenvalue weighted by molar-refractivity contribution is 0.0461. The molecule has 18 heavy (non-hydrogen) atoms. The van der Waals surface area contributed by atoms with Gasteiger partial charge in [-0.2, -0.15) is 0 Å². The first kappa shape index (κ1) is 11.7. The maximum Gasteiger partial charge on any atom is 0.168 e. The molecule has 1 fully saturated rings. The topological polar surface area (TPSA) is 35.5 Å². The van der Waals surface area contributed by atoms with E-state index in [4.69, 9.17) is 9.47 Å². The summed E-state index contributed by atoms with van der Waals surface area (Å²) >= 11 is 0. The second-order valence-electron chi connectivity index (χ2n) is 5.23. The van der Waals surface area contributed by atoms with Crippen LogP contribution in [0.5, 0.6) is 5.75 Å². The summed E-state index contributed by atoms with van der Waals surface area (Å²) in [5, 5.41) is 0. The molecule has 2 aliphatic rings. The first-order valence-electron chi connectivity index (χ1n) is 6.65. The van der Waals surface area contributed by atoms with Gasteiger partial charge in [0.05, 0.1) is 6.61 Å². The van der Waals surface area contributed by atoms with Crippen molar-refractivity contribution in [2.45, 2.75) is 32.3 Å². The fourth-order valence-corrected chi connectivity index (χ4v) is 2.76. The van der Waals surface area contributed by atoms with Crippen LogP contribution >= 0.6 is 0 Å². The van der Waals surface area contributed by atoms with Crippen molar-refractivity contribution in [3.8, 4) is 5.75 Å². The standard InChI is InChI=1S/C15H18O3/c1-10-7-13-8-11(4-5-14(13)18-10)15(16)12-3-2-6-17-9-12/h4-5,8,10,12H,2-3,6-7,9H2,1H3. The molecule has 0 amide bonds. The first-order chi connectivity index (χ1) is 8.74. The van der Waals surface area contributed by atoms with Crippen LogP contribution in [0, 0.1) is 5.92 Å². The average Bonchev–Trinajstić information content (AvgIpc) is 2.78. The molecule has 3 nitrogen and oxygen atoms in total. The fraction of sp³-hybridized carbons (Fsp3) is 0.533. The Hall–Kier alpha value is -1.35. The molecule has 0 N–H and O–H groups in total. The van der Waals surface area contributed by atoms with E-state index in [1.54, 1.807) is 0 Å². The molecular weight excluding hydrogens is 228 g/mol. The zero-order chi connectivity index (χ0) is 12.5. The number of benzene rings is 1. The minimum Gasteiger partial charge on any atom is -0.490 e. The van der Waals surface area contributed by atoms with Gasteiger partial charge in [0, 0.05) is 24.5 Å². The number of carbonyl (C=O) groups is 1. The second-order valence-corrected chi connectivity index (χ2v) is 5.23. The quantitative estimate of drug-likeness (QED) is 0.752. The molecule has 0 radical (unpaired) electrons. The van der Waals surface area contributed by atoms with Crippen LogP contribution in [-0.4, -0.2) is 25.1 Å². The SMILES string of the molecule is CC1Cc2cc(C(=O)C3CCCOC3)ccc2O1. The molecule has 2 atom stereocenters. The number of hydrogen-bond donors (Lipinski definition) is 0. The average molecular weight is 246 g/mol. The van der Waals surface area contributed by atoms with Crippen LogP contribution in [0.3, 0.4) is 0 Å². The summed E-state index contributed by atoms with van der Waals surface area (Å²) in [7, 11) is 0. The third-order valence-electron chi connectivity index (χ3n) is 3.71. The number of ether oxygens (including phenoxy) is 2. The molecule has 0 aliphatic carbocycles. The third kappa shape index (κ3) is 2.15. The molecule has 0 spiro atoms. The van der Waals surface area contributed by atoms with Gasteiger partial charge in [-0.05, 0) is 43.5 Å². The minimum absolute atomic E-state index is 0.0385. The summed E-state index contributed by atoms with van der Waals surface area (Å²) in [6.07, 6.45) is 3.06. The molecule has 1 aromatic carbocycles. The van der Waals surface area contributed by atoms with Gasteiger partial charge in [0.1, 0.15) is 11.9 Å². The van der Waals surface area contributed by atoms with Crippen molar-refractivity contribution in [2.75, 3.05) is 13.2 Å². The van der Waals surface area contributed by atoms with Gasteiger partial charge in [0.25, 0.3) is 0 Å². The van der Waals surface area contributed by atoms with Crippen molar-refractivity contribution in [1.82, 2.24) is 0 Å². The van der Waals surface area contributed by atoms with Crippen molar-refractivity contribution in [2.24, 2.45) is 5.92 Å². The summed E-state index contributed by atoms with van der Waals surface area (Å²) < 4.78 is 11.0. The number of carbonyl (C=O) groups excluding carboxylic acids is 1. The molecule has 1 saturated heterocycles. The Morgan fingerprint density at radius 1 is 1.39 bits per heavy atom. The van der Waals surface area contributed by atoms with E-state index in [1.807, 2.05) is 18.2 Å². The molecule has 0 bridgehead atoms. The van der Waals surface area contributed by atoms with E-state index < -0.39 is 0 Å². The minimum atomic E-state index is 0.0385. The van der Waals surface area contributed by atoms with Crippen molar-refractivity contribution < 1.29 is 14.3 Å². The molecule has 3 rings (SSSR count). The molecule has 2 aliphatic heterocycles. The van der Waals surface area contributed by atoms with Crippen molar-refractivity contribution >= 4 is 5.78 Å². The predicted molar refractivity (Wildman–Crippen MR) is 68.1 cm³/mol. The Kier molecular flexibility index (Phi) is 3.08. The molecule has 2 unspecified atom stereocenters. The van der Waals surface area contributed by atoms with Crippen molar-refractivity contribution in [3.05, 3.63) is 29.3 Å². The Morgan fingerprint density at radius 3 is 3.06 bits per heavy atom. The van der Waals surface area contributed by atoms with Gasteiger partial charge in [-0.15, -0.1) is 0 Å². The normalized spacial score (nSPS) is 26.5. The highest BCUT2D eigenvalue weighted by molar-refractivity contribution is 5.98. The molecular formula is C15H18O3. The van der Waals surface area contributed by atoms with Gasteiger partial charge in [0.15, 0.2) is 5.78 Å². The smallest absolute Gasteiger partial charge is 0.168 e. The Labute approximate surface area is 107 Å². The van der Waals surface area contributed by atoms with Gasteiger partial charge < -0.3 is 9.47 Å². The lowest BCUT2D eigenvalue weighted by Gasteiger charge is -2.20. The summed E-state index contributed by atoms with van der Waals surface area (Å²) in [4.78, 5) is 12.4. The van der Waals surface area contributed by atoms with E-state index in [-0.39, 0.29) is 17.8 Å². The maximum atomic E-state index is 12.4. The molecule has 2 heterocycles. The summed E-state index contributed by atoms with van der Waals surface area (Å²) in [5.74, 6) is 1.19. The van der Waals surface area contributed by atoms with E-state index in [2.05, 4.69) is 6.92 Å². The highest BCUT2D eigenvalue weighted by Gasteiger charge is 2.25. The Balaban J connectivity index is 1.80. The maximum absolute atomic E-state index is 12.4. The van der Waals surface area contributed by atoms with E-state index in [1.165, 1.54) is 0 Å². The van der Waals surface area contributed by atoms with Crippen LogP contribution < -0.4 is 4.74 Å². The van der Waals surface area contributed by atoms with Gasteiger partial charge >= 0.3 is 0 Å². The zero-order valence-corrected chi connectivity index (χ0v) is 10.6. The molecule has 96 valence electrons. The van der Waals surface area contributed by atoms with Crippen LogP contribution in [0.4, 0.5) is 0 Å². The number of fused-ring (bicyclic) bond motifs is 1. The Bertz CT molecular complexity index is 461. The molecule has 0 aromatic heterocycles. The third-order valence-corrected chi connectivity index (χ3v) is 3.71. The van der Waals surface area contributed by atoms with Gasteiger partial charge in [-0.3, -0.25) is 4.79 Å². The van der Waals surface area contributed by atoms with Gasteiger partial charge in [-0.1, -0.05) is 0 Å². The Morgan fingerprint density at radius 2 is 2.28 bits per heavy atom. The van der Waals surface area contributed by atoms with Crippen LogP contribution in [0.25, 0.3) is 0 Å². The second kappa shape index (κ2) is 4.73. The van der Waals surface area contributed by atoms with E-state index >= 15 is 0 Å². The van der Waals surface area contributed by atoms with E-state index in [9.17, 15) is 4.79 Å². The first-order valence-corrected chi connectivity index (χ1v) is 6.65. The monoisotopic (exact) mass is 246 g/mol. The lowest BCUT2D eigenvalue weighted by atomic mass is 9.91. The summed E-state index contributed by atoms with van der Waals surface area (Å²) in [5.41, 5.74) is 1.96. The van der Waals surface area contributed by atoms with Crippen LogP contribution in [0.2, 0.25) is 0 Å². The zero-order valence-electron chi connectivity index (χ0n) is 10.6. The highest BCUT2D eigenvalue weighted by atomic mass is 16.5. The van der Waals surface area contributed by atoms with Gasteiger partial charge in [-0.25, -0.2) is 0 Å². The van der Waals surface area contributed by atoms with Crippen molar-refractivity contribution in [3.63, 3.8) is 0 Å². The molecule has 0 saturated carbocycles. The van der Waals surface area contributed by atoms with Gasteiger partial charge in [0.2, 0.25) is 0 Å². The number of ketones is 1. The largest absolute Gasteiger partial charge is 0.490 e. The lowest BCUT2D eigenvalue weighted by Crippen LogP contribution is -2.25. The van der Waals surface area contributed by atoms with E-state index in [0.29, 0.717) is 6.61 Å². The highest BCUT2D eigenvalue weighted by Crippen LogP contribution is 2.30. The molecule has 3 heteroatoms. The number of Topliss-reactive ketones (excluding diaryl/α,β-unsaturated/α-hetero) is 1. The number of rotatable bonds is 2. The fourth-order valence-electron chi connectivity index (χ4n) is 2.76. The van der Waals surface area contributed by atoms with Crippen LogP contribution in [0.15, 0.2) is 18.2 Å². The van der Waals surface area contributed by atoms with Crippen molar-refractivity contribution in [1.29, 1.82) is 0 Å². The van der Waals surface area contributed by atoms with E-state index in [0.717, 1.165) is 42.7 Å².